The summed E-state index contributed by atoms with van der Waals surface area (Å²) < 4.78 is 5.95. The molecule has 112 valence electrons. The van der Waals surface area contributed by atoms with E-state index in [0.717, 1.165) is 51.6 Å². The van der Waals surface area contributed by atoms with Gasteiger partial charge in [-0.1, -0.05) is 0 Å². The van der Waals surface area contributed by atoms with Crippen molar-refractivity contribution in [1.82, 2.24) is 15.5 Å². The van der Waals surface area contributed by atoms with Gasteiger partial charge in [-0.2, -0.15) is 0 Å². The summed E-state index contributed by atoms with van der Waals surface area (Å²) >= 11 is 0. The molecular weight excluding hydrogens is 254 g/mol. The van der Waals surface area contributed by atoms with E-state index in [4.69, 9.17) is 4.74 Å². The Bertz CT molecular complexity index is 378. The molecule has 0 aromatic carbocycles. The monoisotopic (exact) mass is 279 g/mol. The van der Waals surface area contributed by atoms with E-state index in [1.165, 1.54) is 0 Å². The zero-order valence-corrected chi connectivity index (χ0v) is 12.2. The average Bonchev–Trinajstić information content (AvgIpc) is 2.37. The van der Waals surface area contributed by atoms with Crippen LogP contribution in [-0.4, -0.2) is 53.9 Å². The lowest BCUT2D eigenvalue weighted by molar-refractivity contribution is -0.168. The fourth-order valence-corrected chi connectivity index (χ4v) is 4.60. The molecule has 20 heavy (non-hydrogen) atoms. The molecule has 0 aromatic heterocycles. The van der Waals surface area contributed by atoms with Crippen LogP contribution in [0.4, 0.5) is 4.79 Å². The smallest absolute Gasteiger partial charge is 0.318 e. The Labute approximate surface area is 120 Å². The van der Waals surface area contributed by atoms with Gasteiger partial charge in [-0.3, -0.25) is 0 Å². The third kappa shape index (κ3) is 2.11. The zero-order chi connectivity index (χ0) is 13.7. The van der Waals surface area contributed by atoms with Crippen LogP contribution in [0.25, 0.3) is 0 Å². The minimum Gasteiger partial charge on any atom is -0.375 e. The van der Waals surface area contributed by atoms with E-state index < -0.39 is 0 Å². The van der Waals surface area contributed by atoms with Gasteiger partial charge in [-0.15, -0.1) is 0 Å². The van der Waals surface area contributed by atoms with Gasteiger partial charge in [0.15, 0.2) is 0 Å². The highest BCUT2D eigenvalue weighted by molar-refractivity contribution is 5.76. The van der Waals surface area contributed by atoms with Crippen LogP contribution in [0, 0.1) is 0 Å². The molecule has 0 atom stereocenters. The number of urea groups is 1. The molecule has 0 radical (unpaired) electrons. The number of piperidine rings is 3. The predicted octanol–water partition coefficient (Wildman–Crippen LogP) is 1.23. The molecule has 0 spiro atoms. The number of nitrogens with zero attached hydrogens (tertiary/aromatic N) is 1. The fraction of sp³-hybridized carbons (Fsp3) is 0.933. The second-order valence-corrected chi connectivity index (χ2v) is 7.28. The molecule has 5 aliphatic rings. The molecule has 0 saturated carbocycles. The maximum absolute atomic E-state index is 12.8. The van der Waals surface area contributed by atoms with E-state index in [1.54, 1.807) is 0 Å². The molecule has 5 aliphatic heterocycles. The van der Waals surface area contributed by atoms with Crippen molar-refractivity contribution in [3.05, 3.63) is 0 Å². The number of rotatable bonds is 1. The van der Waals surface area contributed by atoms with Crippen molar-refractivity contribution in [2.24, 2.45) is 0 Å². The lowest BCUT2D eigenvalue weighted by Gasteiger charge is -2.56. The Balaban J connectivity index is 1.46. The second-order valence-electron chi connectivity index (χ2n) is 7.28. The number of amides is 2. The highest BCUT2D eigenvalue weighted by Crippen LogP contribution is 2.42. The molecule has 5 fully saturated rings. The van der Waals surface area contributed by atoms with E-state index >= 15 is 0 Å². The first-order valence-electron chi connectivity index (χ1n) is 8.10. The van der Waals surface area contributed by atoms with Crippen molar-refractivity contribution in [1.29, 1.82) is 0 Å². The molecule has 5 saturated heterocycles. The summed E-state index contributed by atoms with van der Waals surface area (Å²) in [7, 11) is 0. The van der Waals surface area contributed by atoms with Gasteiger partial charge in [0.25, 0.3) is 0 Å². The van der Waals surface area contributed by atoms with E-state index in [1.807, 2.05) is 0 Å². The molecule has 5 heteroatoms. The van der Waals surface area contributed by atoms with E-state index in [0.29, 0.717) is 24.3 Å². The Kier molecular flexibility index (Phi) is 2.96. The largest absolute Gasteiger partial charge is 0.375 e. The first kappa shape index (κ1) is 12.9. The van der Waals surface area contributed by atoms with Crippen LogP contribution in [0.15, 0.2) is 0 Å². The third-order valence-electron chi connectivity index (χ3n) is 5.66. The summed E-state index contributed by atoms with van der Waals surface area (Å²) in [6, 6.07) is 0.997. The molecule has 4 bridgehead atoms. The normalized spacial score (nSPS) is 41.8. The van der Waals surface area contributed by atoms with E-state index in [2.05, 4.69) is 22.5 Å². The van der Waals surface area contributed by atoms with Gasteiger partial charge in [0.2, 0.25) is 0 Å². The van der Waals surface area contributed by atoms with Crippen LogP contribution in [0.5, 0.6) is 0 Å². The SMILES string of the molecule is CC1(NC(=O)N2C3CC4CC2CC(C3)O4)CCNCC1. The van der Waals surface area contributed by atoms with Crippen LogP contribution in [0.3, 0.4) is 0 Å². The number of nitrogens with one attached hydrogen (secondary N) is 2. The maximum atomic E-state index is 12.8. The highest BCUT2D eigenvalue weighted by Gasteiger charge is 2.50. The first-order valence-corrected chi connectivity index (χ1v) is 8.10. The van der Waals surface area contributed by atoms with Gasteiger partial charge in [0, 0.05) is 17.6 Å². The Morgan fingerprint density at radius 3 is 2.25 bits per heavy atom. The van der Waals surface area contributed by atoms with Crippen molar-refractivity contribution in [2.75, 3.05) is 13.1 Å². The summed E-state index contributed by atoms with van der Waals surface area (Å²) in [6.07, 6.45) is 7.04. The molecule has 2 amide bonds. The predicted molar refractivity (Wildman–Crippen MR) is 75.6 cm³/mol. The number of hydrogen-bond donors (Lipinski definition) is 2. The van der Waals surface area contributed by atoms with Crippen molar-refractivity contribution < 1.29 is 9.53 Å². The van der Waals surface area contributed by atoms with Gasteiger partial charge in [-0.05, 0) is 58.5 Å². The minimum absolute atomic E-state index is 0.0342. The molecule has 5 rings (SSSR count). The molecule has 0 unspecified atom stereocenters. The van der Waals surface area contributed by atoms with Crippen LogP contribution < -0.4 is 10.6 Å². The molecule has 2 N–H and O–H groups in total. The number of hydrogen-bond acceptors (Lipinski definition) is 3. The first-order chi connectivity index (χ1) is 9.63. The topological polar surface area (TPSA) is 53.6 Å². The maximum Gasteiger partial charge on any atom is 0.318 e. The molecular formula is C15H25N3O2. The zero-order valence-electron chi connectivity index (χ0n) is 12.2. The number of carbonyl (C=O) groups is 1. The standard InChI is InChI=1S/C15H25N3O2/c1-15(2-4-16-5-3-15)17-14(19)18-10-6-12-8-11(18)9-13(7-10)20-12/h10-13,16H,2-9H2,1H3,(H,17,19). The van der Waals surface area contributed by atoms with Gasteiger partial charge >= 0.3 is 6.03 Å². The Hall–Kier alpha value is -0.810. The molecule has 5 nitrogen and oxygen atoms in total. The number of ether oxygens (including phenoxy) is 1. The van der Waals surface area contributed by atoms with Crippen molar-refractivity contribution in [3.63, 3.8) is 0 Å². The van der Waals surface area contributed by atoms with Crippen molar-refractivity contribution >= 4 is 6.03 Å². The summed E-state index contributed by atoms with van der Waals surface area (Å²) in [4.78, 5) is 14.9. The lowest BCUT2D eigenvalue weighted by atomic mass is 9.78. The summed E-state index contributed by atoms with van der Waals surface area (Å²) in [5, 5.41) is 6.69. The molecule has 0 aromatic rings. The molecule has 5 heterocycles. The van der Waals surface area contributed by atoms with Gasteiger partial charge in [-0.25, -0.2) is 4.79 Å². The average molecular weight is 279 g/mol. The fourth-order valence-electron chi connectivity index (χ4n) is 4.60. The van der Waals surface area contributed by atoms with E-state index in [9.17, 15) is 4.79 Å². The van der Waals surface area contributed by atoms with Gasteiger partial charge in [0.1, 0.15) is 0 Å². The summed E-state index contributed by atoms with van der Waals surface area (Å²) in [5.41, 5.74) is -0.0342. The second kappa shape index (κ2) is 4.60. The van der Waals surface area contributed by atoms with Crippen molar-refractivity contribution in [3.8, 4) is 0 Å². The Morgan fingerprint density at radius 1 is 1.15 bits per heavy atom. The highest BCUT2D eigenvalue weighted by atomic mass is 16.5. The van der Waals surface area contributed by atoms with Crippen LogP contribution in [-0.2, 0) is 4.74 Å². The minimum atomic E-state index is -0.0342. The quantitative estimate of drug-likeness (QED) is 0.759. The van der Waals surface area contributed by atoms with Crippen LogP contribution >= 0.6 is 0 Å². The number of carbonyl (C=O) groups excluding carboxylic acids is 1. The summed E-state index contributed by atoms with van der Waals surface area (Å²) in [6.45, 7) is 4.19. The van der Waals surface area contributed by atoms with Gasteiger partial charge in [0.05, 0.1) is 12.2 Å². The van der Waals surface area contributed by atoms with Crippen LogP contribution in [0.2, 0.25) is 0 Å². The van der Waals surface area contributed by atoms with Gasteiger partial charge < -0.3 is 20.3 Å². The molecule has 0 aliphatic carbocycles. The van der Waals surface area contributed by atoms with Crippen molar-refractivity contribution in [2.45, 2.75) is 75.3 Å². The van der Waals surface area contributed by atoms with Crippen LogP contribution in [0.1, 0.15) is 45.4 Å². The van der Waals surface area contributed by atoms with E-state index in [-0.39, 0.29) is 11.6 Å². The Morgan fingerprint density at radius 2 is 1.70 bits per heavy atom. The third-order valence-corrected chi connectivity index (χ3v) is 5.66. The summed E-state index contributed by atoms with van der Waals surface area (Å²) in [5.74, 6) is 0. The lowest BCUT2D eigenvalue weighted by Crippen LogP contribution is -2.67.